The Bertz CT molecular complexity index is 1230. The van der Waals surface area contributed by atoms with Gasteiger partial charge in [-0.15, -0.1) is 0 Å². The van der Waals surface area contributed by atoms with Crippen LogP contribution in [0.2, 0.25) is 0 Å². The molecule has 2 atom stereocenters. The van der Waals surface area contributed by atoms with Gasteiger partial charge in [0.1, 0.15) is 17.1 Å². The Kier molecular flexibility index (Phi) is 5.43. The first kappa shape index (κ1) is 20.7. The number of hydrogen-bond donors (Lipinski definition) is 0. The van der Waals surface area contributed by atoms with Crippen molar-refractivity contribution >= 4 is 16.9 Å². The summed E-state index contributed by atoms with van der Waals surface area (Å²) in [5, 5.41) is 0.124. The van der Waals surface area contributed by atoms with Crippen LogP contribution < -0.4 is 10.2 Å². The van der Waals surface area contributed by atoms with Gasteiger partial charge in [-0.1, -0.05) is 19.1 Å². The van der Waals surface area contributed by atoms with Gasteiger partial charge in [0, 0.05) is 13.2 Å². The fourth-order valence-corrected chi connectivity index (χ4v) is 4.53. The second-order valence-corrected chi connectivity index (χ2v) is 8.23. The number of ether oxygens (including phenoxy) is 2. The van der Waals surface area contributed by atoms with Crippen LogP contribution in [0.1, 0.15) is 53.9 Å². The van der Waals surface area contributed by atoms with Crippen LogP contribution in [0.3, 0.4) is 0 Å². The van der Waals surface area contributed by atoms with E-state index >= 15 is 0 Å². The zero-order valence-corrected chi connectivity index (χ0v) is 17.8. The molecule has 0 spiro atoms. The van der Waals surface area contributed by atoms with E-state index in [4.69, 9.17) is 13.9 Å². The lowest BCUT2D eigenvalue weighted by Crippen LogP contribution is -2.36. The first-order valence-corrected chi connectivity index (χ1v) is 11.0. The van der Waals surface area contributed by atoms with Crippen molar-refractivity contribution in [2.75, 3.05) is 19.8 Å². The van der Waals surface area contributed by atoms with E-state index in [1.165, 1.54) is 12.1 Å². The summed E-state index contributed by atoms with van der Waals surface area (Å²) in [5.74, 6) is -0.212. The van der Waals surface area contributed by atoms with Gasteiger partial charge in [-0.25, -0.2) is 4.39 Å². The predicted molar refractivity (Wildman–Crippen MR) is 117 cm³/mol. The third kappa shape index (κ3) is 3.56. The van der Waals surface area contributed by atoms with Crippen LogP contribution in [0.15, 0.2) is 51.7 Å². The van der Waals surface area contributed by atoms with Crippen LogP contribution in [0.25, 0.3) is 11.0 Å². The van der Waals surface area contributed by atoms with Gasteiger partial charge in [0.25, 0.3) is 5.91 Å². The molecule has 2 aliphatic rings. The maximum Gasteiger partial charge on any atom is 0.291 e. The van der Waals surface area contributed by atoms with Gasteiger partial charge < -0.3 is 18.8 Å². The minimum absolute atomic E-state index is 0.0111. The molecule has 3 heterocycles. The molecule has 7 heteroatoms. The zero-order valence-electron chi connectivity index (χ0n) is 17.8. The van der Waals surface area contributed by atoms with Gasteiger partial charge in [0.2, 0.25) is 5.76 Å². The predicted octanol–water partition coefficient (Wildman–Crippen LogP) is 4.45. The number of hydrogen-bond acceptors (Lipinski definition) is 5. The summed E-state index contributed by atoms with van der Waals surface area (Å²) in [5.41, 5.74) is 0.778. The number of nitrogens with zero attached hydrogens (tertiary/aromatic N) is 1. The molecule has 0 radical (unpaired) electrons. The number of carbonyl (C=O) groups is 1. The van der Waals surface area contributed by atoms with Crippen molar-refractivity contribution in [1.29, 1.82) is 0 Å². The van der Waals surface area contributed by atoms with Crippen molar-refractivity contribution in [1.82, 2.24) is 4.90 Å². The standard InChI is InChI=1S/C25H24FNO5/c1-2-10-30-17-6-3-5-15(12-17)22-21-23(28)19-13-16(26)8-9-20(19)32-24(21)25(29)27(22)14-18-7-4-11-31-18/h3,5-6,8-9,12-13,18,22H,2,4,7,10-11,14H2,1H3. The molecule has 6 nitrogen and oxygen atoms in total. The molecule has 1 fully saturated rings. The molecule has 1 aromatic heterocycles. The van der Waals surface area contributed by atoms with E-state index in [0.29, 0.717) is 25.5 Å². The van der Waals surface area contributed by atoms with Gasteiger partial charge in [-0.05, 0) is 55.2 Å². The van der Waals surface area contributed by atoms with E-state index in [0.717, 1.165) is 30.9 Å². The van der Waals surface area contributed by atoms with Gasteiger partial charge in [-0.3, -0.25) is 9.59 Å². The maximum absolute atomic E-state index is 13.9. The van der Waals surface area contributed by atoms with Crippen LogP contribution in [0.5, 0.6) is 5.75 Å². The SMILES string of the molecule is CCCOc1cccc(C2c3c(oc4ccc(F)cc4c3=O)C(=O)N2CC2CCCO2)c1. The largest absolute Gasteiger partial charge is 0.494 e. The minimum Gasteiger partial charge on any atom is -0.494 e. The lowest BCUT2D eigenvalue weighted by molar-refractivity contribution is 0.0486. The highest BCUT2D eigenvalue weighted by atomic mass is 19.1. The molecule has 32 heavy (non-hydrogen) atoms. The second-order valence-electron chi connectivity index (χ2n) is 8.23. The Morgan fingerprint density at radius 1 is 1.19 bits per heavy atom. The molecule has 0 saturated carbocycles. The van der Waals surface area contributed by atoms with Gasteiger partial charge in [0.05, 0.1) is 29.7 Å². The maximum atomic E-state index is 13.9. The summed E-state index contributed by atoms with van der Waals surface area (Å²) < 4.78 is 31.3. The quantitative estimate of drug-likeness (QED) is 0.570. The number of amides is 1. The molecule has 2 aromatic carbocycles. The van der Waals surface area contributed by atoms with E-state index in [-0.39, 0.29) is 34.3 Å². The molecule has 166 valence electrons. The number of benzene rings is 2. The highest BCUT2D eigenvalue weighted by Crippen LogP contribution is 2.39. The number of rotatable bonds is 6. The first-order chi connectivity index (χ1) is 15.6. The summed E-state index contributed by atoms with van der Waals surface area (Å²) in [6.45, 7) is 3.59. The molecule has 5 rings (SSSR count). The van der Waals surface area contributed by atoms with Crippen LogP contribution in [0.4, 0.5) is 4.39 Å². The average molecular weight is 437 g/mol. The zero-order chi connectivity index (χ0) is 22.2. The molecule has 3 aromatic rings. The Balaban J connectivity index is 1.66. The Morgan fingerprint density at radius 2 is 2.06 bits per heavy atom. The third-order valence-corrected chi connectivity index (χ3v) is 6.00. The lowest BCUT2D eigenvalue weighted by atomic mass is 9.98. The van der Waals surface area contributed by atoms with Crippen molar-refractivity contribution in [2.24, 2.45) is 0 Å². The van der Waals surface area contributed by atoms with E-state index < -0.39 is 17.3 Å². The Hall–Kier alpha value is -3.19. The highest BCUT2D eigenvalue weighted by Gasteiger charge is 2.44. The molecule has 1 amide bonds. The van der Waals surface area contributed by atoms with Gasteiger partial charge in [0.15, 0.2) is 5.43 Å². The fraction of sp³-hybridized carbons (Fsp3) is 0.360. The molecule has 0 bridgehead atoms. The molecular formula is C25H24FNO5. The molecule has 0 aliphatic carbocycles. The van der Waals surface area contributed by atoms with Crippen LogP contribution >= 0.6 is 0 Å². The molecule has 2 unspecified atom stereocenters. The summed E-state index contributed by atoms with van der Waals surface area (Å²) in [7, 11) is 0. The summed E-state index contributed by atoms with van der Waals surface area (Å²) in [6.07, 6.45) is 2.55. The lowest BCUT2D eigenvalue weighted by Gasteiger charge is -2.27. The third-order valence-electron chi connectivity index (χ3n) is 6.00. The number of halogens is 1. The average Bonchev–Trinajstić information content (AvgIpc) is 3.41. The molecule has 0 N–H and O–H groups in total. The highest BCUT2D eigenvalue weighted by molar-refractivity contribution is 5.99. The number of fused-ring (bicyclic) bond motifs is 2. The molecule has 2 aliphatic heterocycles. The monoisotopic (exact) mass is 437 g/mol. The molecule has 1 saturated heterocycles. The van der Waals surface area contributed by atoms with E-state index in [2.05, 4.69) is 0 Å². The minimum atomic E-state index is -0.657. The summed E-state index contributed by atoms with van der Waals surface area (Å²) in [6, 6.07) is 10.5. The van der Waals surface area contributed by atoms with Crippen LogP contribution in [-0.4, -0.2) is 36.7 Å². The van der Waals surface area contributed by atoms with Crippen molar-refractivity contribution < 1.29 is 23.1 Å². The normalized spacial score (nSPS) is 20.2. The Labute approximate surface area is 184 Å². The van der Waals surface area contributed by atoms with Gasteiger partial charge in [-0.2, -0.15) is 0 Å². The van der Waals surface area contributed by atoms with Crippen molar-refractivity contribution in [3.05, 3.63) is 75.4 Å². The summed E-state index contributed by atoms with van der Waals surface area (Å²) in [4.78, 5) is 28.5. The van der Waals surface area contributed by atoms with E-state index in [1.54, 1.807) is 4.90 Å². The Morgan fingerprint density at radius 3 is 2.84 bits per heavy atom. The molecular weight excluding hydrogens is 413 g/mol. The second kappa shape index (κ2) is 8.39. The van der Waals surface area contributed by atoms with Crippen LogP contribution in [0, 0.1) is 5.82 Å². The van der Waals surface area contributed by atoms with E-state index in [1.807, 2.05) is 31.2 Å². The smallest absolute Gasteiger partial charge is 0.291 e. The van der Waals surface area contributed by atoms with Crippen molar-refractivity contribution in [3.8, 4) is 5.75 Å². The van der Waals surface area contributed by atoms with Gasteiger partial charge >= 0.3 is 0 Å². The van der Waals surface area contributed by atoms with Crippen molar-refractivity contribution in [3.63, 3.8) is 0 Å². The topological polar surface area (TPSA) is 69.0 Å². The summed E-state index contributed by atoms with van der Waals surface area (Å²) >= 11 is 0. The fourth-order valence-electron chi connectivity index (χ4n) is 4.53. The van der Waals surface area contributed by atoms with Crippen molar-refractivity contribution in [2.45, 2.75) is 38.3 Å². The first-order valence-electron chi connectivity index (χ1n) is 11.0. The van der Waals surface area contributed by atoms with E-state index in [9.17, 15) is 14.0 Å². The number of carbonyl (C=O) groups excluding carboxylic acids is 1. The van der Waals surface area contributed by atoms with Crippen LogP contribution in [-0.2, 0) is 4.74 Å².